The third kappa shape index (κ3) is 2.81. The summed E-state index contributed by atoms with van der Waals surface area (Å²) in [4.78, 5) is 0. The summed E-state index contributed by atoms with van der Waals surface area (Å²) >= 11 is 0. The first-order valence-corrected chi connectivity index (χ1v) is 12.1. The molecule has 0 N–H and O–H groups in total. The fraction of sp³-hybridized carbons (Fsp3) is 0.438. The lowest BCUT2D eigenvalue weighted by atomic mass is 9.77. The van der Waals surface area contributed by atoms with Crippen molar-refractivity contribution < 1.29 is 0 Å². The minimum atomic E-state index is 0.0131. The third-order valence-corrected chi connectivity index (χ3v) is 8.20. The van der Waals surface area contributed by atoms with E-state index in [-0.39, 0.29) is 21.7 Å². The summed E-state index contributed by atoms with van der Waals surface area (Å²) in [5.74, 6) is 0. The molecule has 5 rings (SSSR count). The van der Waals surface area contributed by atoms with Gasteiger partial charge in [0.25, 0.3) is 0 Å². The van der Waals surface area contributed by atoms with Crippen LogP contribution in [0.4, 0.5) is 0 Å². The second-order valence-electron chi connectivity index (χ2n) is 13.2. The van der Waals surface area contributed by atoms with Crippen molar-refractivity contribution in [2.45, 2.75) is 90.9 Å². The normalized spacial score (nSPS) is 17.6. The van der Waals surface area contributed by atoms with Crippen LogP contribution >= 0.6 is 0 Å². The summed E-state index contributed by atoms with van der Waals surface area (Å²) in [5, 5.41) is 0. The van der Waals surface area contributed by atoms with Gasteiger partial charge in [0.05, 0.1) is 0 Å². The number of hydrogen-bond donors (Lipinski definition) is 0. The van der Waals surface area contributed by atoms with Crippen LogP contribution in [-0.4, -0.2) is 0 Å². The van der Waals surface area contributed by atoms with E-state index in [1.54, 1.807) is 0 Å². The molecule has 166 valence electrons. The molecule has 0 unspecified atom stereocenters. The van der Waals surface area contributed by atoms with Crippen LogP contribution in [0.2, 0.25) is 0 Å². The fourth-order valence-corrected chi connectivity index (χ4v) is 5.90. The summed E-state index contributed by atoms with van der Waals surface area (Å²) in [6.45, 7) is 23.5. The van der Waals surface area contributed by atoms with E-state index in [1.165, 1.54) is 55.6 Å². The van der Waals surface area contributed by atoms with Crippen molar-refractivity contribution in [2.24, 2.45) is 0 Å². The molecular weight excluding hydrogens is 384 g/mol. The molecule has 3 aromatic carbocycles. The molecule has 0 nitrogen and oxygen atoms in total. The lowest BCUT2D eigenvalue weighted by molar-refractivity contribution is 0.584. The van der Waals surface area contributed by atoms with Crippen LogP contribution < -0.4 is 0 Å². The maximum atomic E-state index is 2.52. The molecule has 0 saturated heterocycles. The van der Waals surface area contributed by atoms with Gasteiger partial charge in [-0.1, -0.05) is 106 Å². The third-order valence-electron chi connectivity index (χ3n) is 8.20. The second-order valence-corrected chi connectivity index (χ2v) is 13.2. The van der Waals surface area contributed by atoms with Gasteiger partial charge in [0.1, 0.15) is 0 Å². The predicted molar refractivity (Wildman–Crippen MR) is 139 cm³/mol. The summed E-state index contributed by atoms with van der Waals surface area (Å²) in [5.41, 5.74) is 14.8. The number of rotatable bonds is 0. The Labute approximate surface area is 195 Å². The molecule has 0 heteroatoms. The molecule has 2 aliphatic carbocycles. The fourth-order valence-electron chi connectivity index (χ4n) is 5.90. The zero-order valence-corrected chi connectivity index (χ0v) is 21.6. The highest BCUT2D eigenvalue weighted by Gasteiger charge is 2.42. The number of benzene rings is 3. The Kier molecular flexibility index (Phi) is 4.14. The van der Waals surface area contributed by atoms with Crippen LogP contribution in [0.3, 0.4) is 0 Å². The molecule has 2 aliphatic rings. The average Bonchev–Trinajstić information content (AvgIpc) is 3.05. The molecular formula is C32H38. The smallest absolute Gasteiger partial charge is 0.0159 e. The van der Waals surface area contributed by atoms with Crippen molar-refractivity contribution in [1.29, 1.82) is 0 Å². The number of fused-ring (bicyclic) bond motifs is 6. The van der Waals surface area contributed by atoms with Gasteiger partial charge < -0.3 is 0 Å². The van der Waals surface area contributed by atoms with Crippen LogP contribution in [0.15, 0.2) is 48.5 Å². The van der Waals surface area contributed by atoms with Gasteiger partial charge in [-0.2, -0.15) is 0 Å². The predicted octanol–water partition coefficient (Wildman–Crippen LogP) is 8.89. The molecule has 0 radical (unpaired) electrons. The van der Waals surface area contributed by atoms with Crippen molar-refractivity contribution in [3.05, 3.63) is 81.9 Å². The minimum absolute atomic E-state index is 0.0131. The van der Waals surface area contributed by atoms with E-state index >= 15 is 0 Å². The highest BCUT2D eigenvalue weighted by atomic mass is 14.4. The lowest BCUT2D eigenvalue weighted by Crippen LogP contribution is -2.18. The Bertz CT molecular complexity index is 1170. The average molecular weight is 423 g/mol. The van der Waals surface area contributed by atoms with Crippen LogP contribution in [0.25, 0.3) is 22.3 Å². The van der Waals surface area contributed by atoms with Crippen molar-refractivity contribution in [3.8, 4) is 22.3 Å². The van der Waals surface area contributed by atoms with E-state index in [4.69, 9.17) is 0 Å². The van der Waals surface area contributed by atoms with Crippen LogP contribution in [0, 0.1) is 0 Å². The van der Waals surface area contributed by atoms with Gasteiger partial charge in [0, 0.05) is 10.8 Å². The summed E-state index contributed by atoms with van der Waals surface area (Å²) in [6, 6.07) is 19.4. The van der Waals surface area contributed by atoms with Gasteiger partial charge in [-0.25, -0.2) is 0 Å². The molecule has 0 amide bonds. The van der Waals surface area contributed by atoms with E-state index in [0.29, 0.717) is 0 Å². The molecule has 0 atom stereocenters. The van der Waals surface area contributed by atoms with Gasteiger partial charge in [0.15, 0.2) is 0 Å². The summed E-state index contributed by atoms with van der Waals surface area (Å²) in [7, 11) is 0. The van der Waals surface area contributed by atoms with Crippen LogP contribution in [-0.2, 0) is 21.7 Å². The first kappa shape index (κ1) is 21.5. The Morgan fingerprint density at radius 3 is 1.06 bits per heavy atom. The van der Waals surface area contributed by atoms with Crippen LogP contribution in [0.1, 0.15) is 103 Å². The summed E-state index contributed by atoms with van der Waals surface area (Å²) < 4.78 is 0. The monoisotopic (exact) mass is 422 g/mol. The molecule has 0 fully saturated rings. The zero-order chi connectivity index (χ0) is 23.4. The van der Waals surface area contributed by atoms with E-state index in [2.05, 4.69) is 118 Å². The molecule has 0 heterocycles. The van der Waals surface area contributed by atoms with Crippen molar-refractivity contribution in [2.75, 3.05) is 0 Å². The van der Waals surface area contributed by atoms with E-state index in [1.807, 2.05) is 0 Å². The van der Waals surface area contributed by atoms with Gasteiger partial charge in [0.2, 0.25) is 0 Å². The van der Waals surface area contributed by atoms with Crippen LogP contribution in [0.5, 0.6) is 0 Å². The molecule has 0 aliphatic heterocycles. The second kappa shape index (κ2) is 6.16. The molecule has 0 aromatic heterocycles. The van der Waals surface area contributed by atoms with E-state index in [0.717, 1.165) is 0 Å². The quantitative estimate of drug-likeness (QED) is 0.339. The maximum Gasteiger partial charge on any atom is 0.0159 e. The van der Waals surface area contributed by atoms with Crippen molar-refractivity contribution >= 4 is 0 Å². The molecule has 3 aromatic rings. The SMILES string of the molecule is CC(C)(C)c1ccc2c(c1)C(C)(C)c1cc3c(cc1-2)C(C)(C)c1cc(C(C)(C)C)ccc1-3. The standard InChI is InChI=1S/C32H38/c1-29(2,3)19-11-13-21-23-17-28-24(18-27(23)31(7,8)25(21)15-19)22-14-12-20(30(4,5)6)16-26(22)32(28,9)10/h11-18H,1-10H3. The topological polar surface area (TPSA) is 0 Å². The van der Waals surface area contributed by atoms with Gasteiger partial charge in [-0.05, 0) is 78.6 Å². The lowest BCUT2D eigenvalue weighted by Gasteiger charge is -2.26. The zero-order valence-electron chi connectivity index (χ0n) is 21.6. The van der Waals surface area contributed by atoms with E-state index < -0.39 is 0 Å². The van der Waals surface area contributed by atoms with Crippen molar-refractivity contribution in [3.63, 3.8) is 0 Å². The largest absolute Gasteiger partial charge is 0.0579 e. The Morgan fingerprint density at radius 2 is 0.750 bits per heavy atom. The minimum Gasteiger partial charge on any atom is -0.0579 e. The molecule has 0 spiro atoms. The highest BCUT2D eigenvalue weighted by molar-refractivity contribution is 5.89. The Balaban J connectivity index is 1.73. The Morgan fingerprint density at radius 1 is 0.438 bits per heavy atom. The molecule has 32 heavy (non-hydrogen) atoms. The van der Waals surface area contributed by atoms with Gasteiger partial charge in [-0.3, -0.25) is 0 Å². The van der Waals surface area contributed by atoms with Gasteiger partial charge >= 0.3 is 0 Å². The first-order valence-electron chi connectivity index (χ1n) is 12.1. The Hall–Kier alpha value is -2.34. The van der Waals surface area contributed by atoms with E-state index in [9.17, 15) is 0 Å². The molecule has 0 saturated carbocycles. The molecule has 0 bridgehead atoms. The van der Waals surface area contributed by atoms with Crippen molar-refractivity contribution in [1.82, 2.24) is 0 Å². The summed E-state index contributed by atoms with van der Waals surface area (Å²) in [6.07, 6.45) is 0. The number of hydrogen-bond acceptors (Lipinski definition) is 0. The first-order chi connectivity index (χ1) is 14.6. The van der Waals surface area contributed by atoms with Gasteiger partial charge in [-0.15, -0.1) is 0 Å². The highest BCUT2D eigenvalue weighted by Crippen LogP contribution is 2.56. The maximum absolute atomic E-state index is 2.52.